The highest BCUT2D eigenvalue weighted by Gasteiger charge is 2.76. The Morgan fingerprint density at radius 1 is 1.21 bits per heavy atom. The van der Waals surface area contributed by atoms with Crippen LogP contribution in [0.4, 0.5) is 0 Å². The molecule has 3 saturated heterocycles. The number of esters is 1. The van der Waals surface area contributed by atoms with E-state index in [1.165, 1.54) is 0 Å². The third kappa shape index (κ3) is 6.42. The highest BCUT2D eigenvalue weighted by molar-refractivity contribution is 8.02. The number of ether oxygens (including phenoxy) is 1. The molecule has 2 amide bonds. The van der Waals surface area contributed by atoms with Crippen molar-refractivity contribution in [3.8, 4) is 0 Å². The normalized spacial score (nSPS) is 29.8. The van der Waals surface area contributed by atoms with E-state index in [0.717, 1.165) is 64.2 Å². The van der Waals surface area contributed by atoms with Gasteiger partial charge in [-0.05, 0) is 57.8 Å². The predicted octanol–water partition coefficient (Wildman–Crippen LogP) is 4.98. The third-order valence-corrected chi connectivity index (χ3v) is 11.0. The Bertz CT molecular complexity index is 881. The molecule has 7 nitrogen and oxygen atoms in total. The maximum atomic E-state index is 14.5. The molecule has 0 aromatic rings. The second-order valence-electron chi connectivity index (χ2n) is 11.6. The number of amides is 2. The number of hydrogen-bond acceptors (Lipinski definition) is 6. The third-order valence-electron chi connectivity index (χ3n) is 8.95. The Labute approximate surface area is 239 Å². The van der Waals surface area contributed by atoms with Gasteiger partial charge in [0.15, 0.2) is 0 Å². The quantitative estimate of drug-likeness (QED) is 0.144. The summed E-state index contributed by atoms with van der Waals surface area (Å²) in [5, 5.41) is 9.16. The Morgan fingerprint density at radius 3 is 2.62 bits per heavy atom. The summed E-state index contributed by atoms with van der Waals surface area (Å²) in [6.45, 7) is 15.4. The number of hydrogen-bond donors (Lipinski definition) is 1. The van der Waals surface area contributed by atoms with Crippen molar-refractivity contribution in [3.05, 3.63) is 25.3 Å². The molecular formula is C31H50N2O5S. The number of aliphatic hydroxyl groups excluding tert-OH is 1. The van der Waals surface area contributed by atoms with E-state index in [2.05, 4.69) is 33.9 Å². The lowest BCUT2D eigenvalue weighted by Gasteiger charge is -2.41. The molecule has 0 saturated carbocycles. The molecule has 3 rings (SSSR count). The molecule has 8 heteroatoms. The molecule has 220 valence electrons. The van der Waals surface area contributed by atoms with Gasteiger partial charge in [-0.25, -0.2) is 0 Å². The Balaban J connectivity index is 1.92. The molecule has 0 aromatic heterocycles. The van der Waals surface area contributed by atoms with Crippen LogP contribution in [0, 0.1) is 17.8 Å². The minimum atomic E-state index is -0.623. The van der Waals surface area contributed by atoms with Gasteiger partial charge in [-0.3, -0.25) is 14.4 Å². The molecular weight excluding hydrogens is 512 g/mol. The largest absolute Gasteiger partial charge is 0.465 e. The smallest absolute Gasteiger partial charge is 0.310 e. The fourth-order valence-corrected chi connectivity index (χ4v) is 9.48. The van der Waals surface area contributed by atoms with Crippen LogP contribution in [0.5, 0.6) is 0 Å². The van der Waals surface area contributed by atoms with Crippen LogP contribution in [-0.2, 0) is 19.1 Å². The Morgan fingerprint density at radius 2 is 1.95 bits per heavy atom. The summed E-state index contributed by atoms with van der Waals surface area (Å²) < 4.78 is 5.11. The van der Waals surface area contributed by atoms with Gasteiger partial charge >= 0.3 is 5.97 Å². The monoisotopic (exact) mass is 562 g/mol. The molecule has 0 radical (unpaired) electrons. The van der Waals surface area contributed by atoms with Gasteiger partial charge in [0.2, 0.25) is 11.8 Å². The lowest BCUT2D eigenvalue weighted by molar-refractivity contribution is -0.154. The van der Waals surface area contributed by atoms with E-state index in [0.29, 0.717) is 19.7 Å². The van der Waals surface area contributed by atoms with Crippen LogP contribution in [0.15, 0.2) is 25.3 Å². The topological polar surface area (TPSA) is 87.1 Å². The first-order chi connectivity index (χ1) is 18.8. The van der Waals surface area contributed by atoms with Crippen LogP contribution in [-0.4, -0.2) is 81.1 Å². The molecule has 0 aromatic carbocycles. The zero-order chi connectivity index (χ0) is 28.6. The van der Waals surface area contributed by atoms with Gasteiger partial charge in [-0.1, -0.05) is 45.3 Å². The van der Waals surface area contributed by atoms with Crippen LogP contribution in [0.3, 0.4) is 0 Å². The average molecular weight is 563 g/mol. The second-order valence-corrected chi connectivity index (χ2v) is 13.1. The lowest BCUT2D eigenvalue weighted by atomic mass is 9.66. The fourth-order valence-electron chi connectivity index (χ4n) is 7.07. The van der Waals surface area contributed by atoms with Gasteiger partial charge in [0.25, 0.3) is 0 Å². The van der Waals surface area contributed by atoms with E-state index in [4.69, 9.17) is 9.84 Å². The van der Waals surface area contributed by atoms with Crippen LogP contribution in [0.2, 0.25) is 0 Å². The van der Waals surface area contributed by atoms with E-state index in [1.54, 1.807) is 17.8 Å². The van der Waals surface area contributed by atoms with Crippen molar-refractivity contribution in [1.82, 2.24) is 9.80 Å². The number of carbonyl (C=O) groups is 3. The van der Waals surface area contributed by atoms with Crippen molar-refractivity contribution in [3.63, 3.8) is 0 Å². The van der Waals surface area contributed by atoms with Gasteiger partial charge in [-0.15, -0.1) is 24.9 Å². The summed E-state index contributed by atoms with van der Waals surface area (Å²) in [5.74, 6) is -1.26. The molecule has 2 bridgehead atoms. The van der Waals surface area contributed by atoms with Gasteiger partial charge in [0.05, 0.1) is 23.2 Å². The number of thioether (sulfide) groups is 1. The zero-order valence-electron chi connectivity index (χ0n) is 24.3. The summed E-state index contributed by atoms with van der Waals surface area (Å²) >= 11 is 1.71. The zero-order valence-corrected chi connectivity index (χ0v) is 25.1. The number of likely N-dealkylation sites (tertiary alicyclic amines) is 1. The summed E-state index contributed by atoms with van der Waals surface area (Å²) in [5.41, 5.74) is 0. The number of fused-ring (bicyclic) bond motifs is 1. The first-order valence-electron chi connectivity index (χ1n) is 15.1. The number of unbranched alkanes of at least 4 members (excludes halogenated alkanes) is 5. The standard InChI is InChI=1S/C31H50N2O5S/c1-6-9-10-15-20-38-30(37)25-24-21-22(4)31(39-24)26(25)28(35)33(18-13-11-12-14-19-34)27(31)29(36)32(17-8-3)23(5)16-7-2/h6,8,22-27,34H,1,3,7,9-21H2,2,4-5H3/t22?,23?,24-,25+,26+,27?,31?/m1/s1. The summed E-state index contributed by atoms with van der Waals surface area (Å²) in [6.07, 6.45) is 12.1. The predicted molar refractivity (Wildman–Crippen MR) is 157 cm³/mol. The van der Waals surface area contributed by atoms with Gasteiger partial charge in [0, 0.05) is 31.0 Å². The molecule has 0 aliphatic carbocycles. The maximum absolute atomic E-state index is 14.5. The van der Waals surface area contributed by atoms with Crippen molar-refractivity contribution < 1.29 is 24.2 Å². The van der Waals surface area contributed by atoms with Crippen molar-refractivity contribution in [2.75, 3.05) is 26.3 Å². The first-order valence-corrected chi connectivity index (χ1v) is 16.0. The van der Waals surface area contributed by atoms with Gasteiger partial charge < -0.3 is 19.6 Å². The van der Waals surface area contributed by atoms with E-state index in [1.807, 2.05) is 15.9 Å². The highest BCUT2D eigenvalue weighted by atomic mass is 32.2. The number of nitrogens with zero attached hydrogens (tertiary/aromatic N) is 2. The molecule has 1 N–H and O–H groups in total. The molecule has 3 heterocycles. The summed E-state index contributed by atoms with van der Waals surface area (Å²) in [7, 11) is 0. The van der Waals surface area contributed by atoms with Crippen LogP contribution in [0.25, 0.3) is 0 Å². The molecule has 3 fully saturated rings. The number of aliphatic hydroxyl groups is 1. The van der Waals surface area contributed by atoms with Gasteiger partial charge in [0.1, 0.15) is 6.04 Å². The Kier molecular flexibility index (Phi) is 12.0. The molecule has 4 unspecified atom stereocenters. The van der Waals surface area contributed by atoms with Crippen molar-refractivity contribution >= 4 is 29.5 Å². The molecule has 7 atom stereocenters. The molecule has 3 aliphatic heterocycles. The maximum Gasteiger partial charge on any atom is 0.310 e. The fraction of sp³-hybridized carbons (Fsp3) is 0.774. The van der Waals surface area contributed by atoms with Crippen molar-refractivity contribution in [1.29, 1.82) is 0 Å². The lowest BCUT2D eigenvalue weighted by Crippen LogP contribution is -2.58. The second kappa shape index (κ2) is 14.7. The average Bonchev–Trinajstić information content (AvgIpc) is 3.50. The number of rotatable bonds is 18. The summed E-state index contributed by atoms with van der Waals surface area (Å²) in [4.78, 5) is 45.9. The van der Waals surface area contributed by atoms with E-state index in [9.17, 15) is 14.4 Å². The minimum absolute atomic E-state index is 0.00227. The van der Waals surface area contributed by atoms with E-state index in [-0.39, 0.29) is 41.6 Å². The molecule has 1 spiro atoms. The number of carbonyl (C=O) groups excluding carboxylic acids is 3. The Hall–Kier alpha value is -1.80. The first kappa shape index (κ1) is 31.7. The van der Waals surface area contributed by atoms with Crippen LogP contribution in [0.1, 0.15) is 85.0 Å². The SMILES string of the molecule is C=CCCCCOC(=O)[C@@H]1[C@H]2C(=O)N(CCCCCCO)C(C(=O)N(CC=C)C(C)CCC)C23S[C@@H]1CC3C. The van der Waals surface area contributed by atoms with Crippen molar-refractivity contribution in [2.45, 2.75) is 107 Å². The van der Waals surface area contributed by atoms with E-state index >= 15 is 0 Å². The van der Waals surface area contributed by atoms with E-state index < -0.39 is 22.6 Å². The highest BCUT2D eigenvalue weighted by Crippen LogP contribution is 2.68. The van der Waals surface area contributed by atoms with Gasteiger partial charge in [-0.2, -0.15) is 0 Å². The van der Waals surface area contributed by atoms with Crippen molar-refractivity contribution in [2.24, 2.45) is 17.8 Å². The summed E-state index contributed by atoms with van der Waals surface area (Å²) in [6, 6.07) is -0.560. The minimum Gasteiger partial charge on any atom is -0.465 e. The van der Waals surface area contributed by atoms with Crippen LogP contribution >= 0.6 is 11.8 Å². The number of allylic oxidation sites excluding steroid dienone is 1. The van der Waals surface area contributed by atoms with Crippen LogP contribution < -0.4 is 0 Å². The molecule has 39 heavy (non-hydrogen) atoms. The molecule has 3 aliphatic rings.